The van der Waals surface area contributed by atoms with E-state index in [9.17, 15) is 0 Å². The van der Waals surface area contributed by atoms with Gasteiger partial charge in [-0.15, -0.1) is 0 Å². The summed E-state index contributed by atoms with van der Waals surface area (Å²) in [5.41, 5.74) is 1.97. The Kier molecular flexibility index (Phi) is 3.24. The van der Waals surface area contributed by atoms with Crippen LogP contribution in [0.15, 0.2) is 89.7 Å². The van der Waals surface area contributed by atoms with Crippen LogP contribution in [0.3, 0.4) is 0 Å². The number of hydrogen-bond acceptors (Lipinski definition) is 6. The Bertz CT molecular complexity index is 930. The summed E-state index contributed by atoms with van der Waals surface area (Å²) in [7, 11) is 0. The van der Waals surface area contributed by atoms with Gasteiger partial charge in [-0.3, -0.25) is 0 Å². The van der Waals surface area contributed by atoms with E-state index in [1.165, 1.54) is 19.6 Å². The molecule has 0 aliphatic carbocycles. The third kappa shape index (κ3) is 2.35. The molecule has 0 atom stereocenters. The van der Waals surface area contributed by atoms with Crippen LogP contribution in [0.5, 0.6) is 0 Å². The van der Waals surface area contributed by atoms with E-state index >= 15 is 0 Å². The van der Waals surface area contributed by atoms with Gasteiger partial charge in [-0.2, -0.15) is 0 Å². The molecule has 0 amide bonds. The van der Waals surface area contributed by atoms with Crippen LogP contribution in [-0.4, -0.2) is 9.97 Å². The van der Waals surface area contributed by atoms with Crippen LogP contribution in [0.2, 0.25) is 0 Å². The summed E-state index contributed by atoms with van der Waals surface area (Å²) in [6.07, 6.45) is 6.51. The Morgan fingerprint density at radius 3 is 1.58 bits per heavy atom. The zero-order chi connectivity index (χ0) is 15.9. The molecule has 4 nitrogen and oxygen atoms in total. The number of aromatic nitrogens is 2. The molecule has 5 rings (SSSR count). The minimum Gasteiger partial charge on any atom is -0.445 e. The number of fused-ring (bicyclic) bond motifs is 2. The van der Waals surface area contributed by atoms with Crippen molar-refractivity contribution in [3.05, 3.63) is 61.3 Å². The molecular formula is C18H10N2O2S2. The van der Waals surface area contributed by atoms with Crippen molar-refractivity contribution in [1.29, 1.82) is 0 Å². The van der Waals surface area contributed by atoms with E-state index < -0.39 is 0 Å². The fourth-order valence-electron chi connectivity index (χ4n) is 2.58. The molecule has 0 radical (unpaired) electrons. The van der Waals surface area contributed by atoms with E-state index in [0.29, 0.717) is 11.8 Å². The molecular weight excluding hydrogens is 340 g/mol. The zero-order valence-corrected chi connectivity index (χ0v) is 13.9. The van der Waals surface area contributed by atoms with Gasteiger partial charge in [-0.25, -0.2) is 9.97 Å². The minimum absolute atomic E-state index is 0.641. The predicted molar refractivity (Wildman–Crippen MR) is 92.1 cm³/mol. The third-order valence-corrected chi connectivity index (χ3v) is 6.21. The second kappa shape index (κ2) is 5.58. The molecule has 1 aliphatic heterocycles. The lowest BCUT2D eigenvalue weighted by molar-refractivity contribution is 0.574. The quantitative estimate of drug-likeness (QED) is 0.412. The van der Waals surface area contributed by atoms with Gasteiger partial charge >= 0.3 is 0 Å². The fourth-order valence-corrected chi connectivity index (χ4v) is 4.85. The van der Waals surface area contributed by atoms with Crippen molar-refractivity contribution in [2.75, 3.05) is 0 Å². The molecule has 3 heterocycles. The first-order chi connectivity index (χ1) is 11.9. The van der Waals surface area contributed by atoms with Crippen molar-refractivity contribution in [2.45, 2.75) is 19.6 Å². The van der Waals surface area contributed by atoms with Crippen LogP contribution < -0.4 is 0 Å². The van der Waals surface area contributed by atoms with E-state index in [2.05, 4.69) is 34.2 Å². The summed E-state index contributed by atoms with van der Waals surface area (Å²) in [6.45, 7) is 0. The molecule has 0 N–H and O–H groups in total. The monoisotopic (exact) mass is 350 g/mol. The summed E-state index contributed by atoms with van der Waals surface area (Å²) in [5.74, 6) is 1.28. The lowest BCUT2D eigenvalue weighted by Crippen LogP contribution is -1.91. The molecule has 24 heavy (non-hydrogen) atoms. The van der Waals surface area contributed by atoms with Gasteiger partial charge in [0.1, 0.15) is 12.5 Å². The molecule has 0 bridgehead atoms. The number of hydrogen-bond donors (Lipinski definition) is 0. The van der Waals surface area contributed by atoms with Crippen molar-refractivity contribution < 1.29 is 8.83 Å². The van der Waals surface area contributed by atoms with Crippen molar-refractivity contribution in [1.82, 2.24) is 9.97 Å². The smallest absolute Gasteiger partial charge is 0.225 e. The highest BCUT2D eigenvalue weighted by molar-refractivity contribution is 8.05. The average molecular weight is 350 g/mol. The van der Waals surface area contributed by atoms with Crippen LogP contribution in [0.4, 0.5) is 0 Å². The lowest BCUT2D eigenvalue weighted by Gasteiger charge is -2.19. The number of rotatable bonds is 2. The van der Waals surface area contributed by atoms with E-state index in [1.54, 1.807) is 48.4 Å². The van der Waals surface area contributed by atoms with Crippen molar-refractivity contribution >= 4 is 23.5 Å². The first-order valence-electron chi connectivity index (χ1n) is 7.30. The summed E-state index contributed by atoms with van der Waals surface area (Å²) in [6, 6.07) is 12.6. The third-order valence-electron chi connectivity index (χ3n) is 3.69. The molecule has 0 saturated carbocycles. The molecule has 4 aromatic rings. The molecule has 2 aromatic heterocycles. The number of oxazole rings is 2. The Morgan fingerprint density at radius 2 is 1.12 bits per heavy atom. The molecule has 0 spiro atoms. The van der Waals surface area contributed by atoms with Crippen LogP contribution >= 0.6 is 23.5 Å². The van der Waals surface area contributed by atoms with Gasteiger partial charge in [0.2, 0.25) is 11.8 Å². The highest BCUT2D eigenvalue weighted by Gasteiger charge is 2.19. The highest BCUT2D eigenvalue weighted by Crippen LogP contribution is 2.50. The number of nitrogens with zero attached hydrogens (tertiary/aromatic N) is 2. The van der Waals surface area contributed by atoms with Gasteiger partial charge < -0.3 is 8.83 Å². The average Bonchev–Trinajstić information content (AvgIpc) is 3.32. The largest absolute Gasteiger partial charge is 0.445 e. The molecule has 116 valence electrons. The maximum Gasteiger partial charge on any atom is 0.225 e. The molecule has 0 saturated heterocycles. The van der Waals surface area contributed by atoms with Crippen molar-refractivity contribution in [2.24, 2.45) is 0 Å². The van der Waals surface area contributed by atoms with Crippen LogP contribution in [0.25, 0.3) is 22.9 Å². The van der Waals surface area contributed by atoms with Gasteiger partial charge in [0.05, 0.1) is 12.4 Å². The number of benzene rings is 2. The van der Waals surface area contributed by atoms with E-state index in [0.717, 1.165) is 11.1 Å². The summed E-state index contributed by atoms with van der Waals surface area (Å²) in [4.78, 5) is 13.3. The predicted octanol–water partition coefficient (Wildman–Crippen LogP) is 5.61. The van der Waals surface area contributed by atoms with Crippen molar-refractivity contribution in [3.8, 4) is 22.9 Å². The van der Waals surface area contributed by atoms with Crippen LogP contribution in [-0.2, 0) is 0 Å². The first kappa shape index (κ1) is 13.9. The van der Waals surface area contributed by atoms with Gasteiger partial charge in [-0.05, 0) is 36.4 Å². The minimum atomic E-state index is 0.641. The SMILES string of the molecule is c1coc(-c2ccc3c(c2)Sc2cc(-c4ncco4)ccc2S3)n1. The van der Waals surface area contributed by atoms with Crippen LogP contribution in [0.1, 0.15) is 0 Å². The standard InChI is InChI=1S/C18H10N2O2S2/c1-3-13-15(9-11(1)17-19-5-7-21-17)24-16-10-12(2-4-14(16)23-13)18-20-6-8-22-18/h1-10H. The second-order valence-electron chi connectivity index (χ2n) is 5.20. The fraction of sp³-hybridized carbons (Fsp3) is 0. The molecule has 2 aromatic carbocycles. The normalized spacial score (nSPS) is 12.7. The first-order valence-corrected chi connectivity index (χ1v) is 8.94. The lowest BCUT2D eigenvalue weighted by atomic mass is 10.2. The van der Waals surface area contributed by atoms with E-state index in [1.807, 2.05) is 12.1 Å². The maximum absolute atomic E-state index is 5.40. The summed E-state index contributed by atoms with van der Waals surface area (Å²) < 4.78 is 10.8. The summed E-state index contributed by atoms with van der Waals surface area (Å²) in [5, 5.41) is 0. The van der Waals surface area contributed by atoms with Crippen LogP contribution in [0, 0.1) is 0 Å². The van der Waals surface area contributed by atoms with Gasteiger partial charge in [-0.1, -0.05) is 23.5 Å². The van der Waals surface area contributed by atoms with E-state index in [-0.39, 0.29) is 0 Å². The Balaban J connectivity index is 1.54. The Morgan fingerprint density at radius 1 is 0.625 bits per heavy atom. The van der Waals surface area contributed by atoms with Gasteiger partial charge in [0.25, 0.3) is 0 Å². The Hall–Kier alpha value is -2.44. The molecule has 1 aliphatic rings. The van der Waals surface area contributed by atoms with Gasteiger partial charge in [0.15, 0.2) is 0 Å². The topological polar surface area (TPSA) is 52.1 Å². The summed E-state index contributed by atoms with van der Waals surface area (Å²) >= 11 is 3.52. The van der Waals surface area contributed by atoms with Gasteiger partial charge in [0, 0.05) is 30.7 Å². The molecule has 6 heteroatoms. The van der Waals surface area contributed by atoms with E-state index in [4.69, 9.17) is 8.83 Å². The maximum atomic E-state index is 5.40. The second-order valence-corrected chi connectivity index (χ2v) is 7.37. The molecule has 0 unspecified atom stereocenters. The Labute approximate surface area is 146 Å². The highest BCUT2D eigenvalue weighted by atomic mass is 32.2. The zero-order valence-electron chi connectivity index (χ0n) is 12.3. The van der Waals surface area contributed by atoms with Crippen molar-refractivity contribution in [3.63, 3.8) is 0 Å². The molecule has 0 fully saturated rings.